The van der Waals surface area contributed by atoms with E-state index in [0.29, 0.717) is 5.76 Å². The summed E-state index contributed by atoms with van der Waals surface area (Å²) in [6.07, 6.45) is 0. The summed E-state index contributed by atoms with van der Waals surface area (Å²) in [5, 5.41) is 0. The van der Waals surface area contributed by atoms with Crippen molar-refractivity contribution in [3.05, 3.63) is 28.5 Å². The van der Waals surface area contributed by atoms with Gasteiger partial charge in [-0.15, -0.1) is 0 Å². The Labute approximate surface area is 107 Å². The van der Waals surface area contributed by atoms with Gasteiger partial charge in [0.15, 0.2) is 0 Å². The first-order chi connectivity index (χ1) is 8.45. The van der Waals surface area contributed by atoms with Crippen molar-refractivity contribution < 1.29 is 9.15 Å². The number of anilines is 1. The number of hydrogen-bond donors (Lipinski definition) is 1. The van der Waals surface area contributed by atoms with E-state index in [-0.39, 0.29) is 6.01 Å². The van der Waals surface area contributed by atoms with E-state index in [9.17, 15) is 0 Å². The van der Waals surface area contributed by atoms with Crippen LogP contribution in [-0.4, -0.2) is 12.1 Å². The first-order valence-electron chi connectivity index (χ1n) is 5.83. The van der Waals surface area contributed by atoms with Crippen LogP contribution in [0.5, 0.6) is 5.75 Å². The van der Waals surface area contributed by atoms with Crippen molar-refractivity contribution in [2.45, 2.75) is 27.7 Å². The third kappa shape index (κ3) is 1.83. The minimum Gasteiger partial charge on any atom is -0.496 e. The number of nitrogens with two attached hydrogens (primary N) is 1. The molecule has 18 heavy (non-hydrogen) atoms. The molecule has 0 radical (unpaired) electrons. The second-order valence-electron chi connectivity index (χ2n) is 4.50. The maximum atomic E-state index is 5.61. The van der Waals surface area contributed by atoms with Crippen LogP contribution in [-0.2, 0) is 0 Å². The van der Waals surface area contributed by atoms with Gasteiger partial charge in [-0.05, 0) is 44.4 Å². The molecule has 0 aliphatic heterocycles. The molecule has 0 aliphatic rings. The standard InChI is InChI=1S/C14H18N2O2/c1-7-6-8(2)11(13(17-5)9(7)3)12-10(4)18-14(15)16-12/h6H,1-5H3,(H2,15,16). The molecular weight excluding hydrogens is 228 g/mol. The summed E-state index contributed by atoms with van der Waals surface area (Å²) in [6.45, 7) is 8.00. The van der Waals surface area contributed by atoms with E-state index in [1.54, 1.807) is 7.11 Å². The second kappa shape index (κ2) is 4.37. The van der Waals surface area contributed by atoms with Gasteiger partial charge in [-0.2, -0.15) is 4.98 Å². The number of methoxy groups -OCH3 is 1. The molecule has 1 heterocycles. The fraction of sp³-hybridized carbons (Fsp3) is 0.357. The Morgan fingerprint density at radius 2 is 1.83 bits per heavy atom. The van der Waals surface area contributed by atoms with Gasteiger partial charge in [-0.3, -0.25) is 0 Å². The number of ether oxygens (including phenoxy) is 1. The first-order valence-corrected chi connectivity index (χ1v) is 5.83. The maximum absolute atomic E-state index is 5.61. The third-order valence-corrected chi connectivity index (χ3v) is 3.24. The van der Waals surface area contributed by atoms with E-state index in [1.165, 1.54) is 5.56 Å². The topological polar surface area (TPSA) is 61.3 Å². The highest BCUT2D eigenvalue weighted by atomic mass is 16.5. The lowest BCUT2D eigenvalue weighted by Crippen LogP contribution is -1.98. The molecule has 0 aliphatic carbocycles. The van der Waals surface area contributed by atoms with E-state index in [1.807, 2.05) is 20.8 Å². The van der Waals surface area contributed by atoms with E-state index < -0.39 is 0 Å². The number of nitrogen functional groups attached to an aromatic ring is 1. The van der Waals surface area contributed by atoms with Crippen LogP contribution in [0.2, 0.25) is 0 Å². The fourth-order valence-electron chi connectivity index (χ4n) is 2.25. The van der Waals surface area contributed by atoms with Gasteiger partial charge in [0, 0.05) is 5.56 Å². The molecule has 1 aromatic carbocycles. The maximum Gasteiger partial charge on any atom is 0.292 e. The molecule has 0 atom stereocenters. The SMILES string of the molecule is COc1c(C)c(C)cc(C)c1-c1nc(N)oc1C. The molecular formula is C14H18N2O2. The predicted molar refractivity (Wildman–Crippen MR) is 71.9 cm³/mol. The van der Waals surface area contributed by atoms with Gasteiger partial charge >= 0.3 is 0 Å². The number of aromatic nitrogens is 1. The van der Waals surface area contributed by atoms with Crippen LogP contribution in [0.15, 0.2) is 10.5 Å². The number of aryl methyl sites for hydroxylation is 3. The predicted octanol–water partition coefficient (Wildman–Crippen LogP) is 3.17. The Hall–Kier alpha value is -1.97. The minimum absolute atomic E-state index is 0.183. The van der Waals surface area contributed by atoms with E-state index in [4.69, 9.17) is 14.9 Å². The lowest BCUT2D eigenvalue weighted by molar-refractivity contribution is 0.412. The second-order valence-corrected chi connectivity index (χ2v) is 4.50. The number of nitrogens with zero attached hydrogens (tertiary/aromatic N) is 1. The van der Waals surface area contributed by atoms with Crippen molar-refractivity contribution >= 4 is 6.01 Å². The van der Waals surface area contributed by atoms with Gasteiger partial charge in [0.1, 0.15) is 17.2 Å². The molecule has 4 heteroatoms. The highest BCUT2D eigenvalue weighted by Gasteiger charge is 2.19. The molecule has 2 rings (SSSR count). The highest BCUT2D eigenvalue weighted by molar-refractivity contribution is 5.75. The summed E-state index contributed by atoms with van der Waals surface area (Å²) in [4.78, 5) is 4.25. The lowest BCUT2D eigenvalue weighted by atomic mass is 9.96. The van der Waals surface area contributed by atoms with E-state index in [0.717, 1.165) is 28.1 Å². The number of oxazole rings is 1. The molecule has 0 bridgehead atoms. The quantitative estimate of drug-likeness (QED) is 0.884. The average Bonchev–Trinajstić information content (AvgIpc) is 2.62. The number of benzene rings is 1. The number of rotatable bonds is 2. The van der Waals surface area contributed by atoms with Crippen LogP contribution in [0, 0.1) is 27.7 Å². The first kappa shape index (κ1) is 12.5. The summed E-state index contributed by atoms with van der Waals surface area (Å²) >= 11 is 0. The summed E-state index contributed by atoms with van der Waals surface area (Å²) in [5.41, 5.74) is 10.7. The van der Waals surface area contributed by atoms with Crippen molar-refractivity contribution in [3.8, 4) is 17.0 Å². The van der Waals surface area contributed by atoms with Crippen molar-refractivity contribution in [2.75, 3.05) is 12.8 Å². The summed E-state index contributed by atoms with van der Waals surface area (Å²) in [5.74, 6) is 1.54. The molecule has 0 saturated carbocycles. The van der Waals surface area contributed by atoms with Crippen LogP contribution >= 0.6 is 0 Å². The molecule has 96 valence electrons. The monoisotopic (exact) mass is 246 g/mol. The normalized spacial score (nSPS) is 10.7. The van der Waals surface area contributed by atoms with E-state index >= 15 is 0 Å². The summed E-state index contributed by atoms with van der Waals surface area (Å²) < 4.78 is 10.8. The summed E-state index contributed by atoms with van der Waals surface area (Å²) in [7, 11) is 1.67. The van der Waals surface area contributed by atoms with Gasteiger partial charge < -0.3 is 14.9 Å². The molecule has 0 spiro atoms. The van der Waals surface area contributed by atoms with Crippen LogP contribution in [0.25, 0.3) is 11.3 Å². The molecule has 0 amide bonds. The lowest BCUT2D eigenvalue weighted by Gasteiger charge is -2.15. The Morgan fingerprint density at radius 3 is 2.33 bits per heavy atom. The van der Waals surface area contributed by atoms with Crippen molar-refractivity contribution in [1.82, 2.24) is 4.98 Å². The van der Waals surface area contributed by atoms with Gasteiger partial charge in [-0.1, -0.05) is 6.07 Å². The molecule has 0 saturated heterocycles. The van der Waals surface area contributed by atoms with Crippen LogP contribution < -0.4 is 10.5 Å². The van der Waals surface area contributed by atoms with Crippen molar-refractivity contribution in [2.24, 2.45) is 0 Å². The molecule has 2 N–H and O–H groups in total. The third-order valence-electron chi connectivity index (χ3n) is 3.24. The van der Waals surface area contributed by atoms with Crippen LogP contribution in [0.4, 0.5) is 6.01 Å². The van der Waals surface area contributed by atoms with Crippen molar-refractivity contribution in [1.29, 1.82) is 0 Å². The Balaban J connectivity index is 2.78. The average molecular weight is 246 g/mol. The molecule has 0 fully saturated rings. The van der Waals surface area contributed by atoms with Gasteiger partial charge in [0.05, 0.1) is 7.11 Å². The van der Waals surface area contributed by atoms with Gasteiger partial charge in [0.25, 0.3) is 6.01 Å². The molecule has 4 nitrogen and oxygen atoms in total. The highest BCUT2D eigenvalue weighted by Crippen LogP contribution is 2.38. The Morgan fingerprint density at radius 1 is 1.17 bits per heavy atom. The molecule has 1 aromatic heterocycles. The zero-order valence-electron chi connectivity index (χ0n) is 11.4. The van der Waals surface area contributed by atoms with Crippen LogP contribution in [0.3, 0.4) is 0 Å². The van der Waals surface area contributed by atoms with Crippen molar-refractivity contribution in [3.63, 3.8) is 0 Å². The zero-order chi connectivity index (χ0) is 13.4. The Kier molecular flexibility index (Phi) is 3.03. The molecule has 2 aromatic rings. The largest absolute Gasteiger partial charge is 0.496 e. The van der Waals surface area contributed by atoms with Gasteiger partial charge in [0.2, 0.25) is 0 Å². The van der Waals surface area contributed by atoms with Crippen LogP contribution in [0.1, 0.15) is 22.5 Å². The Bertz CT molecular complexity index is 600. The zero-order valence-corrected chi connectivity index (χ0v) is 11.4. The summed E-state index contributed by atoms with van der Waals surface area (Å²) in [6, 6.07) is 2.31. The fourth-order valence-corrected chi connectivity index (χ4v) is 2.25. The smallest absolute Gasteiger partial charge is 0.292 e. The van der Waals surface area contributed by atoms with E-state index in [2.05, 4.69) is 18.0 Å². The number of hydrogen-bond acceptors (Lipinski definition) is 4. The minimum atomic E-state index is 0.183. The molecule has 0 unspecified atom stereocenters. The van der Waals surface area contributed by atoms with Gasteiger partial charge in [-0.25, -0.2) is 0 Å².